The minimum absolute atomic E-state index is 0.0266. The molecule has 7 nitrogen and oxygen atoms in total. The number of carbonyl (C=O) groups excluding carboxylic acids is 1. The molecule has 148 valence electrons. The van der Waals surface area contributed by atoms with Crippen LogP contribution in [0, 0.1) is 0 Å². The highest BCUT2D eigenvalue weighted by Crippen LogP contribution is 2.37. The van der Waals surface area contributed by atoms with Crippen molar-refractivity contribution in [1.29, 1.82) is 0 Å². The number of carbonyl (C=O) groups is 1. The number of nitrogens with zero attached hydrogens (tertiary/aromatic N) is 3. The molecule has 1 unspecified atom stereocenters. The van der Waals surface area contributed by atoms with Crippen LogP contribution in [-0.4, -0.2) is 35.8 Å². The number of rotatable bonds is 4. The Kier molecular flexibility index (Phi) is 4.42. The van der Waals surface area contributed by atoms with Crippen molar-refractivity contribution in [3.63, 3.8) is 0 Å². The van der Waals surface area contributed by atoms with Gasteiger partial charge in [-0.1, -0.05) is 36.3 Å². The van der Waals surface area contributed by atoms with Gasteiger partial charge in [0, 0.05) is 30.3 Å². The van der Waals surface area contributed by atoms with E-state index in [2.05, 4.69) is 29.2 Å². The van der Waals surface area contributed by atoms with Crippen molar-refractivity contribution in [3.8, 4) is 22.9 Å². The highest BCUT2D eigenvalue weighted by molar-refractivity contribution is 5.96. The lowest BCUT2D eigenvalue weighted by atomic mass is 10.1. The molecule has 1 saturated heterocycles. The Labute approximate surface area is 168 Å². The fraction of sp³-hybridized carbons (Fsp3) is 0.318. The summed E-state index contributed by atoms with van der Waals surface area (Å²) in [4.78, 5) is 18.9. The summed E-state index contributed by atoms with van der Waals surface area (Å²) < 4.78 is 16.7. The first kappa shape index (κ1) is 17.7. The van der Waals surface area contributed by atoms with Gasteiger partial charge in [-0.25, -0.2) is 0 Å². The largest absolute Gasteiger partial charge is 0.486 e. The van der Waals surface area contributed by atoms with Crippen molar-refractivity contribution in [1.82, 2.24) is 10.1 Å². The van der Waals surface area contributed by atoms with Crippen LogP contribution in [-0.2, 0) is 11.2 Å². The zero-order chi connectivity index (χ0) is 19.8. The number of aromatic nitrogens is 2. The molecule has 0 bridgehead atoms. The van der Waals surface area contributed by atoms with Crippen molar-refractivity contribution in [2.24, 2.45) is 0 Å². The fourth-order valence-electron chi connectivity index (χ4n) is 3.73. The molecule has 2 aliphatic rings. The van der Waals surface area contributed by atoms with E-state index >= 15 is 0 Å². The van der Waals surface area contributed by atoms with E-state index in [-0.39, 0.29) is 11.8 Å². The minimum Gasteiger partial charge on any atom is -0.486 e. The second-order valence-corrected chi connectivity index (χ2v) is 7.24. The third kappa shape index (κ3) is 3.33. The molecule has 1 atom stereocenters. The van der Waals surface area contributed by atoms with Crippen molar-refractivity contribution in [2.45, 2.75) is 25.7 Å². The summed E-state index contributed by atoms with van der Waals surface area (Å²) >= 11 is 0. The normalized spacial score (nSPS) is 18.3. The summed E-state index contributed by atoms with van der Waals surface area (Å²) in [7, 11) is 0. The Morgan fingerprint density at radius 2 is 1.86 bits per heavy atom. The predicted octanol–water partition coefficient (Wildman–Crippen LogP) is 3.59. The van der Waals surface area contributed by atoms with Crippen molar-refractivity contribution < 1.29 is 18.8 Å². The van der Waals surface area contributed by atoms with Crippen LogP contribution in [0.3, 0.4) is 0 Å². The Morgan fingerprint density at radius 3 is 2.66 bits per heavy atom. The number of benzene rings is 2. The van der Waals surface area contributed by atoms with Crippen molar-refractivity contribution in [2.75, 3.05) is 24.7 Å². The number of ether oxygens (including phenoxy) is 2. The van der Waals surface area contributed by atoms with Gasteiger partial charge in [0.15, 0.2) is 11.5 Å². The lowest BCUT2D eigenvalue weighted by Gasteiger charge is -2.22. The molecule has 0 aliphatic carbocycles. The standard InChI is InChI=1S/C22H21N3O4/c1-2-14-3-5-15(6-4-14)21-23-22(29-24-21)16-11-20(26)25(13-16)17-7-8-18-19(12-17)28-10-9-27-18/h3-8,12,16H,2,9-11,13H2,1H3. The van der Waals surface area contributed by atoms with Gasteiger partial charge in [0.2, 0.25) is 17.6 Å². The van der Waals surface area contributed by atoms with E-state index in [1.165, 1.54) is 5.56 Å². The van der Waals surface area contributed by atoms with Gasteiger partial charge in [-0.2, -0.15) is 4.98 Å². The molecule has 1 amide bonds. The molecule has 2 aromatic carbocycles. The summed E-state index contributed by atoms with van der Waals surface area (Å²) in [6.07, 6.45) is 1.32. The van der Waals surface area contributed by atoms with Gasteiger partial charge < -0.3 is 18.9 Å². The van der Waals surface area contributed by atoms with Crippen molar-refractivity contribution >= 4 is 11.6 Å². The first-order valence-electron chi connectivity index (χ1n) is 9.84. The summed E-state index contributed by atoms with van der Waals surface area (Å²) in [6, 6.07) is 13.7. The number of anilines is 1. The van der Waals surface area contributed by atoms with E-state index < -0.39 is 0 Å². The van der Waals surface area contributed by atoms with Gasteiger partial charge in [0.25, 0.3) is 0 Å². The molecule has 5 rings (SSSR count). The van der Waals surface area contributed by atoms with E-state index in [1.54, 1.807) is 4.90 Å². The van der Waals surface area contributed by atoms with Crippen LogP contribution >= 0.6 is 0 Å². The molecule has 29 heavy (non-hydrogen) atoms. The molecule has 0 saturated carbocycles. The molecule has 0 radical (unpaired) electrons. The van der Waals surface area contributed by atoms with Crippen LogP contribution in [0.25, 0.3) is 11.4 Å². The summed E-state index contributed by atoms with van der Waals surface area (Å²) in [5, 5.41) is 4.11. The lowest BCUT2D eigenvalue weighted by Crippen LogP contribution is -2.24. The number of fused-ring (bicyclic) bond motifs is 1. The van der Waals surface area contributed by atoms with Crippen LogP contribution in [0.15, 0.2) is 47.0 Å². The molecule has 3 heterocycles. The van der Waals surface area contributed by atoms with Gasteiger partial charge in [0.1, 0.15) is 13.2 Å². The maximum atomic E-state index is 12.6. The fourth-order valence-corrected chi connectivity index (χ4v) is 3.73. The maximum Gasteiger partial charge on any atom is 0.232 e. The average molecular weight is 391 g/mol. The molecule has 2 aliphatic heterocycles. The van der Waals surface area contributed by atoms with Gasteiger partial charge in [-0.3, -0.25) is 4.79 Å². The van der Waals surface area contributed by atoms with Crippen LogP contribution in [0.5, 0.6) is 11.5 Å². The number of hydrogen-bond acceptors (Lipinski definition) is 6. The Hall–Kier alpha value is -3.35. The molecular formula is C22H21N3O4. The SMILES string of the molecule is CCc1ccc(-c2noc(C3CC(=O)N(c4ccc5c(c4)OCCO5)C3)n2)cc1. The monoisotopic (exact) mass is 391 g/mol. The first-order chi connectivity index (χ1) is 14.2. The van der Waals surface area contributed by atoms with Gasteiger partial charge in [-0.15, -0.1) is 0 Å². The molecule has 7 heteroatoms. The third-order valence-corrected chi connectivity index (χ3v) is 5.37. The highest BCUT2D eigenvalue weighted by atomic mass is 16.6. The van der Waals surface area contributed by atoms with E-state index in [4.69, 9.17) is 14.0 Å². The molecule has 0 spiro atoms. The third-order valence-electron chi connectivity index (χ3n) is 5.37. The smallest absolute Gasteiger partial charge is 0.232 e. The maximum absolute atomic E-state index is 12.6. The average Bonchev–Trinajstić information content (AvgIpc) is 3.40. The van der Waals surface area contributed by atoms with Gasteiger partial charge in [0.05, 0.1) is 5.92 Å². The molecule has 1 aromatic heterocycles. The molecular weight excluding hydrogens is 370 g/mol. The quantitative estimate of drug-likeness (QED) is 0.676. The predicted molar refractivity (Wildman–Crippen MR) is 106 cm³/mol. The molecule has 1 fully saturated rings. The second-order valence-electron chi connectivity index (χ2n) is 7.24. The van der Waals surface area contributed by atoms with Crippen molar-refractivity contribution in [3.05, 3.63) is 53.9 Å². The lowest BCUT2D eigenvalue weighted by molar-refractivity contribution is -0.117. The van der Waals surface area contributed by atoms with Gasteiger partial charge >= 0.3 is 0 Å². The number of amides is 1. The topological polar surface area (TPSA) is 77.7 Å². The van der Waals surface area contributed by atoms with Gasteiger partial charge in [-0.05, 0) is 24.1 Å². The van der Waals surface area contributed by atoms with Crippen LogP contribution in [0.1, 0.15) is 30.7 Å². The molecule has 0 N–H and O–H groups in total. The Balaban J connectivity index is 1.34. The Morgan fingerprint density at radius 1 is 1.07 bits per heavy atom. The van der Waals surface area contributed by atoms with E-state index in [9.17, 15) is 4.79 Å². The second kappa shape index (κ2) is 7.24. The first-order valence-corrected chi connectivity index (χ1v) is 9.84. The summed E-state index contributed by atoms with van der Waals surface area (Å²) in [5.41, 5.74) is 2.95. The van der Waals surface area contributed by atoms with Crippen LogP contribution in [0.2, 0.25) is 0 Å². The summed E-state index contributed by atoms with van der Waals surface area (Å²) in [5.74, 6) is 2.31. The minimum atomic E-state index is -0.133. The van der Waals surface area contributed by atoms with Crippen LogP contribution < -0.4 is 14.4 Å². The zero-order valence-corrected chi connectivity index (χ0v) is 16.1. The van der Waals surface area contributed by atoms with Crippen LogP contribution in [0.4, 0.5) is 5.69 Å². The number of aryl methyl sites for hydroxylation is 1. The van der Waals surface area contributed by atoms with E-state index in [1.807, 2.05) is 30.3 Å². The van der Waals surface area contributed by atoms with E-state index in [0.717, 1.165) is 17.7 Å². The highest BCUT2D eigenvalue weighted by Gasteiger charge is 2.35. The van der Waals surface area contributed by atoms with E-state index in [0.29, 0.717) is 49.4 Å². The number of hydrogen-bond donors (Lipinski definition) is 0. The molecule has 3 aromatic rings. The summed E-state index contributed by atoms with van der Waals surface area (Å²) in [6.45, 7) is 3.66. The zero-order valence-electron chi connectivity index (χ0n) is 16.1. The Bertz CT molecular complexity index is 1040.